The first-order chi connectivity index (χ1) is 17.4. The Labute approximate surface area is 205 Å². The Bertz CT molecular complexity index is 1400. The van der Waals surface area contributed by atoms with Crippen LogP contribution in [-0.4, -0.2) is 35.8 Å². The Balaban J connectivity index is 1.35. The van der Waals surface area contributed by atoms with E-state index in [0.717, 1.165) is 11.8 Å². The highest BCUT2D eigenvalue weighted by Crippen LogP contribution is 2.59. The van der Waals surface area contributed by atoms with Crippen LogP contribution in [0.25, 0.3) is 0 Å². The SMILES string of the molecule is CCOC(=O)c1c2c(Nc3ncc(F)c(Nc4ccc5c(c4)OCCO5)n3)c3c(c1C(C)O2)OC3C. The van der Waals surface area contributed by atoms with E-state index < -0.39 is 17.9 Å². The number of halogens is 1. The van der Waals surface area contributed by atoms with Crippen molar-refractivity contribution < 1.29 is 32.9 Å². The van der Waals surface area contributed by atoms with Crippen LogP contribution in [0.3, 0.4) is 0 Å². The number of aromatic nitrogens is 2. The summed E-state index contributed by atoms with van der Waals surface area (Å²) in [5.41, 5.74) is 2.89. The number of carbonyl (C=O) groups excluding carboxylic acids is 1. The lowest BCUT2D eigenvalue weighted by Gasteiger charge is -2.32. The van der Waals surface area contributed by atoms with Gasteiger partial charge in [0.05, 0.1) is 29.6 Å². The molecule has 11 heteroatoms. The average Bonchev–Trinajstić information content (AvgIpc) is 3.16. The van der Waals surface area contributed by atoms with Crippen LogP contribution in [0.15, 0.2) is 24.4 Å². The first kappa shape index (κ1) is 22.2. The Kier molecular flexibility index (Phi) is 5.20. The summed E-state index contributed by atoms with van der Waals surface area (Å²) in [5, 5.41) is 6.08. The zero-order chi connectivity index (χ0) is 25.0. The molecule has 0 spiro atoms. The molecule has 2 bridgehead atoms. The van der Waals surface area contributed by atoms with Crippen LogP contribution in [0.4, 0.5) is 27.5 Å². The summed E-state index contributed by atoms with van der Waals surface area (Å²) in [5.74, 6) is 1.05. The molecule has 0 fully saturated rings. The monoisotopic (exact) mass is 494 g/mol. The molecular weight excluding hydrogens is 471 g/mol. The molecule has 186 valence electrons. The van der Waals surface area contributed by atoms with Crippen LogP contribution < -0.4 is 29.6 Å². The van der Waals surface area contributed by atoms with E-state index in [1.54, 1.807) is 25.1 Å². The maximum atomic E-state index is 14.6. The van der Waals surface area contributed by atoms with Gasteiger partial charge >= 0.3 is 5.97 Å². The number of anilines is 4. The van der Waals surface area contributed by atoms with E-state index in [9.17, 15) is 9.18 Å². The standard InChI is InChI=1S/C25H23FN4O6/c1-4-32-24(31)19-17-11(2)36-22(19)20(18-12(3)35-21(17)18)29-25-27-10-14(26)23(30-25)28-13-5-6-15-16(9-13)34-8-7-33-15/h5-6,9-12H,4,7-8H2,1-3H3,(H2,27,28,29,30). The van der Waals surface area contributed by atoms with Gasteiger partial charge in [0.1, 0.15) is 36.7 Å². The second-order valence-electron chi connectivity index (χ2n) is 8.47. The Morgan fingerprint density at radius 3 is 2.61 bits per heavy atom. The molecule has 3 aliphatic heterocycles. The molecule has 3 aliphatic rings. The van der Waals surface area contributed by atoms with Crippen molar-refractivity contribution in [3.05, 3.63) is 46.9 Å². The van der Waals surface area contributed by atoms with Crippen LogP contribution >= 0.6 is 0 Å². The van der Waals surface area contributed by atoms with Gasteiger partial charge in [0.2, 0.25) is 5.95 Å². The predicted molar refractivity (Wildman–Crippen MR) is 126 cm³/mol. The average molecular weight is 494 g/mol. The molecule has 6 rings (SSSR count). The Morgan fingerprint density at radius 1 is 1.08 bits per heavy atom. The number of ether oxygens (including phenoxy) is 5. The highest BCUT2D eigenvalue weighted by molar-refractivity contribution is 6.01. The maximum Gasteiger partial charge on any atom is 0.342 e. The number of fused-ring (bicyclic) bond motifs is 5. The summed E-state index contributed by atoms with van der Waals surface area (Å²) < 4.78 is 42.9. The summed E-state index contributed by atoms with van der Waals surface area (Å²) in [6.45, 7) is 6.60. The second-order valence-corrected chi connectivity index (χ2v) is 8.47. The minimum absolute atomic E-state index is 0.0414. The van der Waals surface area contributed by atoms with Crippen LogP contribution in [0.2, 0.25) is 0 Å². The highest BCUT2D eigenvalue weighted by atomic mass is 19.1. The van der Waals surface area contributed by atoms with Gasteiger partial charge in [-0.15, -0.1) is 0 Å². The summed E-state index contributed by atoms with van der Waals surface area (Å²) in [7, 11) is 0. The lowest BCUT2D eigenvalue weighted by Crippen LogP contribution is -2.21. The minimum atomic E-state index is -0.642. The van der Waals surface area contributed by atoms with Crippen molar-refractivity contribution in [1.29, 1.82) is 0 Å². The largest absolute Gasteiger partial charge is 0.486 e. The van der Waals surface area contributed by atoms with Gasteiger partial charge in [0.25, 0.3) is 0 Å². The Hall–Kier alpha value is -4.28. The molecule has 1 aromatic heterocycles. The number of esters is 1. The van der Waals surface area contributed by atoms with Crippen LogP contribution in [-0.2, 0) is 4.74 Å². The van der Waals surface area contributed by atoms with E-state index in [1.165, 1.54) is 0 Å². The number of nitrogens with zero attached hydrogens (tertiary/aromatic N) is 2. The quantitative estimate of drug-likeness (QED) is 0.456. The fraction of sp³-hybridized carbons (Fsp3) is 0.320. The van der Waals surface area contributed by atoms with Gasteiger partial charge in [0, 0.05) is 11.8 Å². The molecule has 4 heterocycles. The van der Waals surface area contributed by atoms with E-state index in [1.807, 2.05) is 13.8 Å². The van der Waals surface area contributed by atoms with E-state index in [0.29, 0.717) is 58.7 Å². The minimum Gasteiger partial charge on any atom is -0.486 e. The van der Waals surface area contributed by atoms with Gasteiger partial charge in [-0.3, -0.25) is 0 Å². The van der Waals surface area contributed by atoms with E-state index in [4.69, 9.17) is 23.7 Å². The predicted octanol–water partition coefficient (Wildman–Crippen LogP) is 4.96. The molecule has 2 aromatic carbocycles. The smallest absolute Gasteiger partial charge is 0.342 e. The van der Waals surface area contributed by atoms with E-state index in [2.05, 4.69) is 20.6 Å². The van der Waals surface area contributed by atoms with Gasteiger partial charge in [0.15, 0.2) is 28.9 Å². The van der Waals surface area contributed by atoms with E-state index >= 15 is 0 Å². The number of benzene rings is 2. The third-order valence-electron chi connectivity index (χ3n) is 6.15. The highest BCUT2D eigenvalue weighted by Gasteiger charge is 2.45. The first-order valence-corrected chi connectivity index (χ1v) is 11.6. The van der Waals surface area contributed by atoms with Gasteiger partial charge in [-0.1, -0.05) is 0 Å². The molecular formula is C25H23FN4O6. The number of nitrogens with one attached hydrogen (secondary N) is 2. The third kappa shape index (κ3) is 3.50. The number of rotatable bonds is 6. The molecule has 2 unspecified atom stereocenters. The summed E-state index contributed by atoms with van der Waals surface area (Å²) in [6, 6.07) is 5.20. The van der Waals surface area contributed by atoms with E-state index in [-0.39, 0.29) is 24.5 Å². The van der Waals surface area contributed by atoms with Crippen LogP contribution in [0, 0.1) is 5.82 Å². The van der Waals surface area contributed by atoms with Crippen LogP contribution in [0.1, 0.15) is 54.5 Å². The van der Waals surface area contributed by atoms with Crippen molar-refractivity contribution in [3.63, 3.8) is 0 Å². The summed E-state index contributed by atoms with van der Waals surface area (Å²) >= 11 is 0. The number of hydrogen-bond acceptors (Lipinski definition) is 10. The van der Waals surface area contributed by atoms with Crippen molar-refractivity contribution in [1.82, 2.24) is 9.97 Å². The van der Waals surface area contributed by atoms with Crippen LogP contribution in [0.5, 0.6) is 23.0 Å². The fourth-order valence-electron chi connectivity index (χ4n) is 4.59. The zero-order valence-electron chi connectivity index (χ0n) is 19.8. The first-order valence-electron chi connectivity index (χ1n) is 11.6. The molecule has 0 amide bonds. The van der Waals surface area contributed by atoms with Crippen molar-refractivity contribution in [2.75, 3.05) is 30.5 Å². The topological polar surface area (TPSA) is 113 Å². The van der Waals surface area contributed by atoms with Crippen molar-refractivity contribution in [2.45, 2.75) is 33.0 Å². The number of hydrogen-bond donors (Lipinski definition) is 2. The molecule has 0 radical (unpaired) electrons. The molecule has 0 saturated heterocycles. The molecule has 2 atom stereocenters. The molecule has 36 heavy (non-hydrogen) atoms. The van der Waals surface area contributed by atoms with Gasteiger partial charge in [-0.2, -0.15) is 4.98 Å². The van der Waals surface area contributed by atoms with Crippen molar-refractivity contribution in [2.24, 2.45) is 0 Å². The third-order valence-corrected chi connectivity index (χ3v) is 6.15. The summed E-state index contributed by atoms with van der Waals surface area (Å²) in [4.78, 5) is 21.2. The molecule has 3 aromatic rings. The fourth-order valence-corrected chi connectivity index (χ4v) is 4.59. The lowest BCUT2D eigenvalue weighted by atomic mass is 9.92. The van der Waals surface area contributed by atoms with Crippen molar-refractivity contribution >= 4 is 29.1 Å². The molecule has 0 aliphatic carbocycles. The van der Waals surface area contributed by atoms with Gasteiger partial charge in [-0.25, -0.2) is 14.2 Å². The van der Waals surface area contributed by atoms with Crippen molar-refractivity contribution in [3.8, 4) is 23.0 Å². The summed E-state index contributed by atoms with van der Waals surface area (Å²) in [6.07, 6.45) is 0.435. The normalized spacial score (nSPS) is 18.3. The number of carbonyl (C=O) groups is 1. The maximum absolute atomic E-state index is 14.6. The molecule has 0 saturated carbocycles. The van der Waals surface area contributed by atoms with Gasteiger partial charge < -0.3 is 34.3 Å². The second kappa shape index (κ2) is 8.43. The lowest BCUT2D eigenvalue weighted by molar-refractivity contribution is 0.0524. The molecule has 10 nitrogen and oxygen atoms in total. The molecule has 2 N–H and O–H groups in total. The Morgan fingerprint density at radius 2 is 1.83 bits per heavy atom. The van der Waals surface area contributed by atoms with Gasteiger partial charge in [-0.05, 0) is 32.9 Å². The zero-order valence-corrected chi connectivity index (χ0v) is 19.8.